The number of ether oxygens (including phenoxy) is 1. The van der Waals surface area contributed by atoms with Crippen LogP contribution < -0.4 is 10.5 Å². The van der Waals surface area contributed by atoms with Crippen LogP contribution in [0.5, 0.6) is 5.75 Å². The first-order chi connectivity index (χ1) is 10.2. The van der Waals surface area contributed by atoms with Crippen LogP contribution in [-0.2, 0) is 6.54 Å². The van der Waals surface area contributed by atoms with Gasteiger partial charge in [-0.05, 0) is 49.7 Å². The van der Waals surface area contributed by atoms with Crippen molar-refractivity contribution in [2.45, 2.75) is 20.4 Å². The van der Waals surface area contributed by atoms with Gasteiger partial charge in [-0.3, -0.25) is 4.40 Å². The maximum atomic E-state index is 5.98. The summed E-state index contributed by atoms with van der Waals surface area (Å²) in [6, 6.07) is 12.2. The third kappa shape index (κ3) is 2.17. The van der Waals surface area contributed by atoms with Gasteiger partial charge in [0.2, 0.25) is 0 Å². The van der Waals surface area contributed by atoms with Gasteiger partial charge in [0.1, 0.15) is 11.4 Å². The summed E-state index contributed by atoms with van der Waals surface area (Å²) in [5, 5.41) is 0. The van der Waals surface area contributed by atoms with Crippen LogP contribution in [0.2, 0.25) is 0 Å². The minimum atomic E-state index is 0.451. The molecule has 0 unspecified atom stereocenters. The van der Waals surface area contributed by atoms with Gasteiger partial charge in [-0.25, -0.2) is 4.98 Å². The van der Waals surface area contributed by atoms with Gasteiger partial charge in [0.25, 0.3) is 0 Å². The fourth-order valence-corrected chi connectivity index (χ4v) is 2.77. The van der Waals surface area contributed by atoms with Crippen molar-refractivity contribution in [1.29, 1.82) is 0 Å². The number of rotatable bonds is 3. The van der Waals surface area contributed by atoms with Gasteiger partial charge in [-0.1, -0.05) is 6.07 Å². The van der Waals surface area contributed by atoms with Gasteiger partial charge in [0, 0.05) is 17.8 Å². The Morgan fingerprint density at radius 2 is 2.00 bits per heavy atom. The van der Waals surface area contributed by atoms with E-state index in [1.807, 2.05) is 31.2 Å². The van der Waals surface area contributed by atoms with Gasteiger partial charge in [0.05, 0.1) is 18.5 Å². The molecule has 4 heteroatoms. The van der Waals surface area contributed by atoms with E-state index in [4.69, 9.17) is 15.5 Å². The van der Waals surface area contributed by atoms with Crippen LogP contribution in [0.15, 0.2) is 36.4 Å². The maximum absolute atomic E-state index is 5.98. The van der Waals surface area contributed by atoms with Crippen LogP contribution >= 0.6 is 0 Å². The summed E-state index contributed by atoms with van der Waals surface area (Å²) >= 11 is 0. The van der Waals surface area contributed by atoms with E-state index in [2.05, 4.69) is 23.5 Å². The molecule has 0 saturated heterocycles. The van der Waals surface area contributed by atoms with Crippen LogP contribution in [0, 0.1) is 13.8 Å². The lowest BCUT2D eigenvalue weighted by Gasteiger charge is -2.08. The number of hydrogen-bond donors (Lipinski definition) is 1. The topological polar surface area (TPSA) is 52.5 Å². The average molecular weight is 281 g/mol. The fraction of sp³-hybridized carbons (Fsp3) is 0.235. The second-order valence-electron chi connectivity index (χ2n) is 5.16. The largest absolute Gasteiger partial charge is 0.496 e. The van der Waals surface area contributed by atoms with Crippen molar-refractivity contribution in [1.82, 2.24) is 9.38 Å². The lowest BCUT2D eigenvalue weighted by molar-refractivity contribution is 0.412. The molecule has 0 aliphatic carbocycles. The molecular formula is C17H19N3O. The molecule has 2 heterocycles. The smallest absolute Gasteiger partial charge is 0.137 e. The summed E-state index contributed by atoms with van der Waals surface area (Å²) in [6.45, 7) is 4.55. The van der Waals surface area contributed by atoms with Crippen molar-refractivity contribution in [2.24, 2.45) is 5.73 Å². The van der Waals surface area contributed by atoms with E-state index in [1.165, 1.54) is 0 Å². The Morgan fingerprint density at radius 1 is 1.19 bits per heavy atom. The fourth-order valence-electron chi connectivity index (χ4n) is 2.77. The van der Waals surface area contributed by atoms with Crippen LogP contribution in [0.25, 0.3) is 16.9 Å². The number of hydrogen-bond acceptors (Lipinski definition) is 3. The Bertz CT molecular complexity index is 805. The summed E-state index contributed by atoms with van der Waals surface area (Å²) in [4.78, 5) is 4.75. The van der Waals surface area contributed by atoms with Gasteiger partial charge >= 0.3 is 0 Å². The predicted molar refractivity (Wildman–Crippen MR) is 84.5 cm³/mol. The quantitative estimate of drug-likeness (QED) is 0.802. The third-order valence-electron chi connectivity index (χ3n) is 3.80. The van der Waals surface area contributed by atoms with E-state index < -0.39 is 0 Å². The number of pyridine rings is 1. The predicted octanol–water partition coefficient (Wildman–Crippen LogP) is 3.09. The lowest BCUT2D eigenvalue weighted by Crippen LogP contribution is -2.04. The molecule has 0 aliphatic rings. The number of methoxy groups -OCH3 is 1. The zero-order valence-electron chi connectivity index (χ0n) is 12.6. The maximum Gasteiger partial charge on any atom is 0.137 e. The van der Waals surface area contributed by atoms with Crippen molar-refractivity contribution in [3.05, 3.63) is 53.3 Å². The van der Waals surface area contributed by atoms with Gasteiger partial charge in [0.15, 0.2) is 0 Å². The summed E-state index contributed by atoms with van der Waals surface area (Å²) in [7, 11) is 1.68. The van der Waals surface area contributed by atoms with E-state index >= 15 is 0 Å². The second-order valence-corrected chi connectivity index (χ2v) is 5.16. The summed E-state index contributed by atoms with van der Waals surface area (Å²) in [5.41, 5.74) is 12.2. The first-order valence-corrected chi connectivity index (χ1v) is 6.97. The summed E-state index contributed by atoms with van der Waals surface area (Å²) < 4.78 is 7.44. The van der Waals surface area contributed by atoms with E-state index in [0.717, 1.165) is 39.6 Å². The molecule has 0 atom stereocenters. The molecule has 0 radical (unpaired) electrons. The zero-order valence-corrected chi connectivity index (χ0v) is 12.6. The number of fused-ring (bicyclic) bond motifs is 1. The zero-order chi connectivity index (χ0) is 15.0. The molecule has 0 bridgehead atoms. The van der Waals surface area contributed by atoms with Crippen LogP contribution in [-0.4, -0.2) is 16.5 Å². The molecule has 3 rings (SSSR count). The second kappa shape index (κ2) is 5.22. The minimum Gasteiger partial charge on any atom is -0.496 e. The Morgan fingerprint density at radius 3 is 2.67 bits per heavy atom. The normalized spacial score (nSPS) is 11.0. The third-order valence-corrected chi connectivity index (χ3v) is 3.80. The van der Waals surface area contributed by atoms with E-state index in [1.54, 1.807) is 7.11 Å². The van der Waals surface area contributed by atoms with Crippen molar-refractivity contribution in [2.75, 3.05) is 7.11 Å². The van der Waals surface area contributed by atoms with Crippen molar-refractivity contribution in [3.63, 3.8) is 0 Å². The molecule has 0 amide bonds. The van der Waals surface area contributed by atoms with Crippen LogP contribution in [0.1, 0.15) is 17.0 Å². The highest BCUT2D eigenvalue weighted by Crippen LogP contribution is 2.29. The van der Waals surface area contributed by atoms with Crippen LogP contribution in [0.4, 0.5) is 0 Å². The molecular weight excluding hydrogens is 262 g/mol. The summed E-state index contributed by atoms with van der Waals surface area (Å²) in [6.07, 6.45) is 0. The van der Waals surface area contributed by atoms with Crippen molar-refractivity contribution >= 4 is 5.65 Å². The van der Waals surface area contributed by atoms with Gasteiger partial charge < -0.3 is 10.5 Å². The molecule has 3 aromatic rings. The summed E-state index contributed by atoms with van der Waals surface area (Å²) in [5.74, 6) is 0.882. The van der Waals surface area contributed by atoms with E-state index in [9.17, 15) is 0 Å². The Balaban J connectivity index is 2.25. The molecule has 0 spiro atoms. The Hall–Kier alpha value is -2.33. The monoisotopic (exact) mass is 281 g/mol. The first kappa shape index (κ1) is 13.6. The average Bonchev–Trinajstić information content (AvgIpc) is 2.87. The number of imidazole rings is 1. The molecule has 1 aromatic carbocycles. The highest BCUT2D eigenvalue weighted by Gasteiger charge is 2.14. The van der Waals surface area contributed by atoms with Crippen molar-refractivity contribution < 1.29 is 4.74 Å². The SMILES string of the molecule is COc1ccc(-c2nc3cccc(C)n3c2CN)cc1C. The molecule has 4 nitrogen and oxygen atoms in total. The highest BCUT2D eigenvalue weighted by atomic mass is 16.5. The molecule has 2 N–H and O–H groups in total. The highest BCUT2D eigenvalue weighted by molar-refractivity contribution is 5.68. The van der Waals surface area contributed by atoms with E-state index in [0.29, 0.717) is 6.54 Å². The van der Waals surface area contributed by atoms with Crippen molar-refractivity contribution in [3.8, 4) is 17.0 Å². The standard InChI is InChI=1S/C17H19N3O/c1-11-9-13(7-8-15(11)21-3)17-14(10-18)20-12(2)5-4-6-16(20)19-17/h4-9H,10,18H2,1-3H3. The minimum absolute atomic E-state index is 0.451. The molecule has 2 aromatic heterocycles. The number of nitrogens with two attached hydrogens (primary N) is 1. The Labute approximate surface area is 124 Å². The number of aryl methyl sites for hydroxylation is 2. The van der Waals surface area contributed by atoms with Crippen LogP contribution in [0.3, 0.4) is 0 Å². The number of benzene rings is 1. The molecule has 0 saturated carbocycles. The molecule has 0 fully saturated rings. The molecule has 21 heavy (non-hydrogen) atoms. The molecule has 0 aliphatic heterocycles. The van der Waals surface area contributed by atoms with Gasteiger partial charge in [-0.2, -0.15) is 0 Å². The number of nitrogens with zero attached hydrogens (tertiary/aromatic N) is 2. The Kier molecular flexibility index (Phi) is 3.39. The molecule has 108 valence electrons. The lowest BCUT2D eigenvalue weighted by atomic mass is 10.1. The first-order valence-electron chi connectivity index (χ1n) is 6.97. The van der Waals surface area contributed by atoms with Gasteiger partial charge in [-0.15, -0.1) is 0 Å². The van der Waals surface area contributed by atoms with E-state index in [-0.39, 0.29) is 0 Å². The number of aromatic nitrogens is 2.